The minimum atomic E-state index is -0.556. The number of piperazine rings is 1. The van der Waals surface area contributed by atoms with E-state index in [9.17, 15) is 9.59 Å². The summed E-state index contributed by atoms with van der Waals surface area (Å²) in [5, 5.41) is 2.63. The molecule has 2 saturated heterocycles. The molecule has 4 heterocycles. The van der Waals surface area contributed by atoms with Crippen molar-refractivity contribution in [2.75, 3.05) is 54.0 Å². The number of hydrogen-bond acceptors (Lipinski definition) is 8. The highest BCUT2D eigenvalue weighted by molar-refractivity contribution is 5.90. The van der Waals surface area contributed by atoms with Gasteiger partial charge in [-0.05, 0) is 24.3 Å². The van der Waals surface area contributed by atoms with Crippen molar-refractivity contribution in [3.05, 3.63) is 55.0 Å². The van der Waals surface area contributed by atoms with Gasteiger partial charge in [-0.3, -0.25) is 9.69 Å². The van der Waals surface area contributed by atoms with Gasteiger partial charge in [0.25, 0.3) is 0 Å². The van der Waals surface area contributed by atoms with E-state index in [-0.39, 0.29) is 19.0 Å². The van der Waals surface area contributed by atoms with E-state index in [2.05, 4.69) is 20.2 Å². The molecule has 182 valence electrons. The monoisotopic (exact) mass is 480 g/mol. The number of anilines is 3. The molecule has 2 fully saturated rings. The number of rotatable bonds is 6. The molecular weight excluding hydrogens is 455 g/mol. The summed E-state index contributed by atoms with van der Waals surface area (Å²) in [5.74, 6) is 0.0247. The fraction of sp³-hybridized carbons (Fsp3) is 0.333. The molecule has 0 spiro atoms. The third kappa shape index (κ3) is 4.88. The lowest BCUT2D eigenvalue weighted by Crippen LogP contribution is -2.47. The summed E-state index contributed by atoms with van der Waals surface area (Å²) >= 11 is 0. The van der Waals surface area contributed by atoms with Crippen molar-refractivity contribution in [1.82, 2.24) is 15.3 Å². The molecule has 1 N–H and O–H groups in total. The van der Waals surface area contributed by atoms with E-state index >= 15 is 4.39 Å². The van der Waals surface area contributed by atoms with E-state index in [1.54, 1.807) is 37.1 Å². The van der Waals surface area contributed by atoms with Crippen LogP contribution in [0.2, 0.25) is 0 Å². The second-order valence-corrected chi connectivity index (χ2v) is 8.45. The number of ether oxygens (including phenoxy) is 1. The van der Waals surface area contributed by atoms with Crippen LogP contribution in [0.15, 0.2) is 53.6 Å². The first-order chi connectivity index (χ1) is 17.0. The molecule has 2 aliphatic heterocycles. The maximum absolute atomic E-state index is 15.0. The largest absolute Gasteiger partial charge is 0.472 e. The third-order valence-electron chi connectivity index (χ3n) is 6.09. The van der Waals surface area contributed by atoms with Crippen molar-refractivity contribution < 1.29 is 23.1 Å². The van der Waals surface area contributed by atoms with Gasteiger partial charge in [-0.15, -0.1) is 0 Å². The molecule has 1 aromatic carbocycles. The molecule has 0 unspecified atom stereocenters. The number of cyclic esters (lactones) is 1. The van der Waals surface area contributed by atoms with Crippen molar-refractivity contribution in [1.29, 1.82) is 0 Å². The molecule has 0 bridgehead atoms. The van der Waals surface area contributed by atoms with Gasteiger partial charge in [0, 0.05) is 56.6 Å². The third-order valence-corrected chi connectivity index (χ3v) is 6.09. The lowest BCUT2D eigenvalue weighted by Gasteiger charge is -2.36. The maximum Gasteiger partial charge on any atom is 0.414 e. The number of furan rings is 1. The van der Waals surface area contributed by atoms with Crippen molar-refractivity contribution in [2.45, 2.75) is 13.0 Å². The molecule has 3 aromatic rings. The number of hydrogen-bond donors (Lipinski definition) is 1. The van der Waals surface area contributed by atoms with E-state index in [4.69, 9.17) is 9.15 Å². The standard InChI is InChI=1S/C24H25FN6O4/c1-16(32)26-13-20-14-31(24(33)35-20)19-2-3-22(21(25)10-19)29-5-7-30(8-6-29)23-27-11-18(12-28-23)17-4-9-34-15-17/h2-4,9-12,15,20H,5-8,13-14H2,1H3,(H,26,32)/t20-/m0/s1. The van der Waals surface area contributed by atoms with Crippen LogP contribution in [-0.4, -0.2) is 67.3 Å². The molecule has 0 radical (unpaired) electrons. The number of nitrogens with zero attached hydrogens (tertiary/aromatic N) is 5. The first-order valence-electron chi connectivity index (χ1n) is 11.3. The summed E-state index contributed by atoms with van der Waals surface area (Å²) in [6, 6.07) is 6.60. The summed E-state index contributed by atoms with van der Waals surface area (Å²) in [6.07, 6.45) is 5.76. The molecule has 2 amide bonds. The lowest BCUT2D eigenvalue weighted by atomic mass is 10.2. The second kappa shape index (κ2) is 9.61. The van der Waals surface area contributed by atoms with E-state index in [0.29, 0.717) is 43.5 Å². The Kier molecular flexibility index (Phi) is 6.21. The van der Waals surface area contributed by atoms with Crippen LogP contribution < -0.4 is 20.0 Å². The molecule has 35 heavy (non-hydrogen) atoms. The summed E-state index contributed by atoms with van der Waals surface area (Å²) in [5.41, 5.74) is 2.70. The zero-order valence-corrected chi connectivity index (χ0v) is 19.2. The maximum atomic E-state index is 15.0. The van der Waals surface area contributed by atoms with Gasteiger partial charge in [-0.1, -0.05) is 0 Å². The molecule has 0 saturated carbocycles. The molecule has 5 rings (SSSR count). The Balaban J connectivity index is 1.19. The van der Waals surface area contributed by atoms with E-state index < -0.39 is 18.0 Å². The number of carbonyl (C=O) groups excluding carboxylic acids is 2. The molecule has 11 heteroatoms. The van der Waals surface area contributed by atoms with Gasteiger partial charge in [-0.2, -0.15) is 0 Å². The second-order valence-electron chi connectivity index (χ2n) is 8.45. The molecular formula is C24H25FN6O4. The normalized spacial score (nSPS) is 18.1. The van der Waals surface area contributed by atoms with Crippen molar-refractivity contribution in [3.8, 4) is 11.1 Å². The van der Waals surface area contributed by atoms with Gasteiger partial charge < -0.3 is 24.3 Å². The Morgan fingerprint density at radius 2 is 1.86 bits per heavy atom. The van der Waals surface area contributed by atoms with Crippen LogP contribution in [0.5, 0.6) is 0 Å². The van der Waals surface area contributed by atoms with Crippen molar-refractivity contribution in [2.24, 2.45) is 0 Å². The summed E-state index contributed by atoms with van der Waals surface area (Å²) in [6.45, 7) is 4.37. The van der Waals surface area contributed by atoms with Crippen LogP contribution in [0.4, 0.5) is 26.5 Å². The topological polar surface area (TPSA) is 104 Å². The van der Waals surface area contributed by atoms with Gasteiger partial charge in [0.05, 0.1) is 37.0 Å². The van der Waals surface area contributed by atoms with Gasteiger partial charge in [-0.25, -0.2) is 19.2 Å². The summed E-state index contributed by atoms with van der Waals surface area (Å²) in [7, 11) is 0. The molecule has 2 aliphatic rings. The highest BCUT2D eigenvalue weighted by atomic mass is 19.1. The average molecular weight is 481 g/mol. The zero-order chi connectivity index (χ0) is 24.4. The zero-order valence-electron chi connectivity index (χ0n) is 19.2. The molecule has 10 nitrogen and oxygen atoms in total. The number of halogens is 1. The number of nitrogens with one attached hydrogen (secondary N) is 1. The smallest absolute Gasteiger partial charge is 0.414 e. The van der Waals surface area contributed by atoms with Gasteiger partial charge in [0.2, 0.25) is 11.9 Å². The fourth-order valence-electron chi connectivity index (χ4n) is 4.23. The van der Waals surface area contributed by atoms with Crippen LogP contribution >= 0.6 is 0 Å². The Labute approximate surface area is 201 Å². The first-order valence-corrected chi connectivity index (χ1v) is 11.3. The summed E-state index contributed by atoms with van der Waals surface area (Å²) < 4.78 is 25.4. The highest BCUT2D eigenvalue weighted by Gasteiger charge is 2.33. The van der Waals surface area contributed by atoms with Crippen molar-refractivity contribution in [3.63, 3.8) is 0 Å². The van der Waals surface area contributed by atoms with Crippen LogP contribution in [0, 0.1) is 5.82 Å². The van der Waals surface area contributed by atoms with Crippen molar-refractivity contribution >= 4 is 29.3 Å². The van der Waals surface area contributed by atoms with E-state index in [1.807, 2.05) is 11.0 Å². The minimum absolute atomic E-state index is 0.201. The SMILES string of the molecule is CC(=O)NC[C@H]1CN(c2ccc(N3CCN(c4ncc(-c5ccoc5)cn4)CC3)c(F)c2)C(=O)O1. The number of amides is 2. The van der Waals surface area contributed by atoms with Gasteiger partial charge in [0.1, 0.15) is 11.9 Å². The molecule has 0 aliphatic carbocycles. The quantitative estimate of drug-likeness (QED) is 0.574. The number of carbonyl (C=O) groups is 2. The van der Waals surface area contributed by atoms with E-state index in [0.717, 1.165) is 11.1 Å². The Morgan fingerprint density at radius 3 is 2.51 bits per heavy atom. The van der Waals surface area contributed by atoms with Crippen LogP contribution in [0.1, 0.15) is 6.92 Å². The Hall–Kier alpha value is -4.15. The lowest BCUT2D eigenvalue weighted by molar-refractivity contribution is -0.119. The number of aromatic nitrogens is 2. The predicted molar refractivity (Wildman–Crippen MR) is 127 cm³/mol. The molecule has 2 aromatic heterocycles. The average Bonchev–Trinajstić information content (AvgIpc) is 3.53. The van der Waals surface area contributed by atoms with Crippen LogP contribution in [0.25, 0.3) is 11.1 Å². The number of benzene rings is 1. The molecule has 1 atom stereocenters. The van der Waals surface area contributed by atoms with Crippen LogP contribution in [0.3, 0.4) is 0 Å². The van der Waals surface area contributed by atoms with Crippen LogP contribution in [-0.2, 0) is 9.53 Å². The minimum Gasteiger partial charge on any atom is -0.472 e. The highest BCUT2D eigenvalue weighted by Crippen LogP contribution is 2.29. The Bertz CT molecular complexity index is 1200. The Morgan fingerprint density at radius 1 is 1.11 bits per heavy atom. The van der Waals surface area contributed by atoms with E-state index in [1.165, 1.54) is 17.9 Å². The van der Waals surface area contributed by atoms with Gasteiger partial charge >= 0.3 is 6.09 Å². The predicted octanol–water partition coefficient (Wildman–Crippen LogP) is 2.66. The van der Waals surface area contributed by atoms with Gasteiger partial charge in [0.15, 0.2) is 0 Å². The fourth-order valence-corrected chi connectivity index (χ4v) is 4.23. The first kappa shape index (κ1) is 22.6. The summed E-state index contributed by atoms with van der Waals surface area (Å²) in [4.78, 5) is 37.7.